The van der Waals surface area contributed by atoms with Crippen LogP contribution in [-0.4, -0.2) is 41.2 Å². The molecule has 5 rings (SSSR count). The van der Waals surface area contributed by atoms with Crippen molar-refractivity contribution in [3.05, 3.63) is 94.0 Å². The molecule has 14 heteroatoms. The minimum absolute atomic E-state index is 0.0247. The van der Waals surface area contributed by atoms with E-state index in [9.17, 15) is 26.4 Å². The Labute approximate surface area is 254 Å². The topological polar surface area (TPSA) is 92.3 Å². The summed E-state index contributed by atoms with van der Waals surface area (Å²) in [6.07, 6.45) is -3.57. The van der Waals surface area contributed by atoms with Gasteiger partial charge in [0.15, 0.2) is 5.16 Å². The molecule has 1 atom stereocenters. The lowest BCUT2D eigenvalue weighted by Crippen LogP contribution is -2.45. The number of hydrogen-bond acceptors (Lipinski definition) is 7. The van der Waals surface area contributed by atoms with Gasteiger partial charge in [-0.3, -0.25) is 4.79 Å². The maximum atomic E-state index is 13.2. The summed E-state index contributed by atoms with van der Waals surface area (Å²) in [6, 6.07) is 18.0. The third kappa shape index (κ3) is 7.14. The predicted octanol–water partition coefficient (Wildman–Crippen LogP) is 6.64. The molecule has 42 heavy (non-hydrogen) atoms. The third-order valence-corrected chi connectivity index (χ3v) is 11.1. The van der Waals surface area contributed by atoms with Crippen LogP contribution in [0.2, 0.25) is 4.34 Å². The van der Waals surface area contributed by atoms with Crippen LogP contribution in [0.4, 0.5) is 13.2 Å². The molecule has 1 aliphatic heterocycles. The van der Waals surface area contributed by atoms with Gasteiger partial charge in [-0.2, -0.15) is 17.5 Å². The summed E-state index contributed by atoms with van der Waals surface area (Å²) < 4.78 is 67.2. The van der Waals surface area contributed by atoms with Gasteiger partial charge < -0.3 is 5.32 Å². The fourth-order valence-electron chi connectivity index (χ4n) is 4.47. The lowest BCUT2D eigenvalue weighted by molar-refractivity contribution is -0.137. The largest absolute Gasteiger partial charge is 0.416 e. The van der Waals surface area contributed by atoms with Gasteiger partial charge in [0.1, 0.15) is 10.3 Å². The van der Waals surface area contributed by atoms with Crippen LogP contribution in [0.3, 0.4) is 0 Å². The summed E-state index contributed by atoms with van der Waals surface area (Å²) in [4.78, 5) is 22.3. The molecule has 7 nitrogen and oxygen atoms in total. The first-order chi connectivity index (χ1) is 20.0. The van der Waals surface area contributed by atoms with Crippen LogP contribution in [0.25, 0.3) is 11.3 Å². The number of aromatic nitrogens is 2. The maximum Gasteiger partial charge on any atom is 0.416 e. The average Bonchev–Trinajstić information content (AvgIpc) is 3.65. The van der Waals surface area contributed by atoms with Crippen LogP contribution in [0.5, 0.6) is 0 Å². The van der Waals surface area contributed by atoms with Gasteiger partial charge in [0, 0.05) is 17.9 Å². The molecule has 1 amide bonds. The quantitative estimate of drug-likeness (QED) is 0.161. The van der Waals surface area contributed by atoms with Gasteiger partial charge in [0.05, 0.1) is 27.8 Å². The Morgan fingerprint density at radius 3 is 2.48 bits per heavy atom. The van der Waals surface area contributed by atoms with Crippen molar-refractivity contribution in [3.63, 3.8) is 0 Å². The number of halogens is 4. The summed E-state index contributed by atoms with van der Waals surface area (Å²) in [5.41, 5.74) is 1.56. The molecule has 2 aromatic heterocycles. The van der Waals surface area contributed by atoms with Crippen molar-refractivity contribution in [2.45, 2.75) is 46.7 Å². The molecule has 1 saturated heterocycles. The molecule has 4 aromatic rings. The Kier molecular flexibility index (Phi) is 9.23. The molecular formula is C28H24ClF3N4O3S3. The highest BCUT2D eigenvalue weighted by molar-refractivity contribution is 7.98. The number of nitrogens with zero attached hydrogens (tertiary/aromatic N) is 3. The van der Waals surface area contributed by atoms with Crippen molar-refractivity contribution in [2.75, 3.05) is 6.54 Å². The monoisotopic (exact) mass is 652 g/mol. The highest BCUT2D eigenvalue weighted by Crippen LogP contribution is 2.33. The Morgan fingerprint density at radius 1 is 1.07 bits per heavy atom. The van der Waals surface area contributed by atoms with E-state index >= 15 is 0 Å². The maximum absolute atomic E-state index is 13.2. The second-order valence-corrected chi connectivity index (χ2v) is 14.2. The van der Waals surface area contributed by atoms with Crippen LogP contribution in [0.1, 0.15) is 29.7 Å². The number of thioether (sulfide) groups is 1. The molecule has 220 valence electrons. The molecule has 0 saturated carbocycles. The Hall–Kier alpha value is -2.97. The van der Waals surface area contributed by atoms with E-state index < -0.39 is 33.7 Å². The lowest BCUT2D eigenvalue weighted by atomic mass is 10.1. The summed E-state index contributed by atoms with van der Waals surface area (Å²) in [5.74, 6) is 0.0944. The van der Waals surface area contributed by atoms with Gasteiger partial charge in [-0.25, -0.2) is 18.4 Å². The molecule has 3 heterocycles. The number of alkyl halides is 3. The summed E-state index contributed by atoms with van der Waals surface area (Å²) in [7, 11) is -3.89. The third-order valence-electron chi connectivity index (χ3n) is 6.54. The fraction of sp³-hybridized carbons (Fsp3) is 0.250. The number of thiophene rings is 1. The lowest BCUT2D eigenvalue weighted by Gasteiger charge is -2.22. The van der Waals surface area contributed by atoms with E-state index in [1.165, 1.54) is 40.3 Å². The Morgan fingerprint density at radius 2 is 1.81 bits per heavy atom. The van der Waals surface area contributed by atoms with Gasteiger partial charge in [0.25, 0.3) is 10.0 Å². The van der Waals surface area contributed by atoms with Crippen molar-refractivity contribution < 1.29 is 26.4 Å². The van der Waals surface area contributed by atoms with E-state index in [0.29, 0.717) is 45.0 Å². The average molecular weight is 653 g/mol. The fourth-order valence-corrected chi connectivity index (χ4v) is 8.57. The van der Waals surface area contributed by atoms with E-state index in [2.05, 4.69) is 15.3 Å². The van der Waals surface area contributed by atoms with Crippen molar-refractivity contribution in [2.24, 2.45) is 0 Å². The number of nitrogens with one attached hydrogen (secondary N) is 1. The summed E-state index contributed by atoms with van der Waals surface area (Å²) >= 11 is 8.23. The number of rotatable bonds is 9. The second kappa shape index (κ2) is 12.7. The highest BCUT2D eigenvalue weighted by Gasteiger charge is 2.40. The van der Waals surface area contributed by atoms with E-state index in [4.69, 9.17) is 11.6 Å². The van der Waals surface area contributed by atoms with Crippen molar-refractivity contribution >= 4 is 50.6 Å². The first kappa shape index (κ1) is 30.5. The van der Waals surface area contributed by atoms with Gasteiger partial charge in [-0.05, 0) is 48.7 Å². The molecule has 2 aromatic carbocycles. The van der Waals surface area contributed by atoms with Crippen LogP contribution in [-0.2, 0) is 33.3 Å². The SMILES string of the molecule is O=C(NCc1cc(-c2ccc(C(F)(F)F)cc2)nc(SCc2ccccc2)n1)[C@@H]1CCCN1S(=O)(=O)c1ccc(Cl)s1. The zero-order valence-electron chi connectivity index (χ0n) is 21.8. The van der Waals surface area contributed by atoms with Crippen LogP contribution >= 0.6 is 34.7 Å². The molecule has 0 bridgehead atoms. The molecule has 0 radical (unpaired) electrons. The molecule has 0 spiro atoms. The molecule has 0 aliphatic carbocycles. The number of hydrogen-bond donors (Lipinski definition) is 1. The van der Waals surface area contributed by atoms with Crippen molar-refractivity contribution in [1.29, 1.82) is 0 Å². The van der Waals surface area contributed by atoms with Gasteiger partial charge in [-0.1, -0.05) is 65.8 Å². The first-order valence-electron chi connectivity index (χ1n) is 12.8. The van der Waals surface area contributed by atoms with Crippen LogP contribution in [0.15, 0.2) is 82.2 Å². The second-order valence-electron chi connectivity index (χ2n) is 9.43. The highest BCUT2D eigenvalue weighted by atomic mass is 35.5. The number of carbonyl (C=O) groups excluding carboxylic acids is 1. The standard InChI is InChI=1S/C28H24ClF3N4O3S3/c29-24-12-13-25(41-24)42(38,39)36-14-4-7-23(36)26(37)33-16-21-15-22(19-8-10-20(11-9-19)28(30,31)32)35-27(34-21)40-17-18-5-2-1-3-6-18/h1-3,5-6,8-13,15,23H,4,7,14,16-17H2,(H,33,37)/t23-/m0/s1. The molecule has 1 aliphatic rings. The zero-order valence-corrected chi connectivity index (χ0v) is 25.0. The van der Waals surface area contributed by atoms with Crippen LogP contribution in [0, 0.1) is 0 Å². The van der Waals surface area contributed by atoms with Crippen molar-refractivity contribution in [3.8, 4) is 11.3 Å². The normalized spacial score (nSPS) is 16.0. The van der Waals surface area contributed by atoms with Gasteiger partial charge in [-0.15, -0.1) is 11.3 Å². The minimum atomic E-state index is -4.46. The Bertz CT molecular complexity index is 1670. The molecule has 1 N–H and O–H groups in total. The summed E-state index contributed by atoms with van der Waals surface area (Å²) in [5, 5.41) is 3.18. The number of sulfonamides is 1. The Balaban J connectivity index is 1.36. The van der Waals surface area contributed by atoms with Crippen LogP contribution < -0.4 is 5.32 Å². The van der Waals surface area contributed by atoms with Gasteiger partial charge in [0.2, 0.25) is 5.91 Å². The van der Waals surface area contributed by atoms with Gasteiger partial charge >= 0.3 is 6.18 Å². The first-order valence-corrected chi connectivity index (χ1v) is 16.4. The number of amides is 1. The zero-order chi connectivity index (χ0) is 29.9. The number of carbonyl (C=O) groups is 1. The molecular weight excluding hydrogens is 629 g/mol. The number of benzene rings is 2. The predicted molar refractivity (Wildman–Crippen MR) is 157 cm³/mol. The van der Waals surface area contributed by atoms with E-state index in [1.54, 1.807) is 6.07 Å². The molecule has 1 fully saturated rings. The summed E-state index contributed by atoms with van der Waals surface area (Å²) in [6.45, 7) is 0.185. The van der Waals surface area contributed by atoms with E-state index in [-0.39, 0.29) is 17.3 Å². The van der Waals surface area contributed by atoms with E-state index in [1.807, 2.05) is 30.3 Å². The van der Waals surface area contributed by atoms with E-state index in [0.717, 1.165) is 29.0 Å². The van der Waals surface area contributed by atoms with Crippen molar-refractivity contribution in [1.82, 2.24) is 19.6 Å². The smallest absolute Gasteiger partial charge is 0.349 e. The minimum Gasteiger partial charge on any atom is -0.349 e. The molecule has 0 unspecified atom stereocenters.